The van der Waals surface area contributed by atoms with E-state index in [-0.39, 0.29) is 25.3 Å². The highest BCUT2D eigenvalue weighted by Crippen LogP contribution is 2.08. The number of ether oxygens (including phenoxy) is 1. The van der Waals surface area contributed by atoms with Gasteiger partial charge in [0.1, 0.15) is 5.70 Å². The third-order valence-corrected chi connectivity index (χ3v) is 1.85. The SMILES string of the molecule is C=C1NC(=O)N(CCC(=O)OCC)C1=O. The van der Waals surface area contributed by atoms with E-state index < -0.39 is 17.9 Å². The highest BCUT2D eigenvalue weighted by Gasteiger charge is 2.32. The number of carbonyl (C=O) groups excluding carboxylic acids is 3. The predicted molar refractivity (Wildman–Crippen MR) is 50.6 cm³/mol. The molecule has 6 nitrogen and oxygen atoms in total. The normalized spacial score (nSPS) is 15.5. The molecule has 82 valence electrons. The fourth-order valence-electron chi connectivity index (χ4n) is 1.14. The molecule has 1 aliphatic heterocycles. The van der Waals surface area contributed by atoms with Crippen LogP contribution in [0.15, 0.2) is 12.3 Å². The minimum absolute atomic E-state index is 0.000278. The number of rotatable bonds is 4. The van der Waals surface area contributed by atoms with Crippen LogP contribution >= 0.6 is 0 Å². The topological polar surface area (TPSA) is 75.7 Å². The lowest BCUT2D eigenvalue weighted by atomic mass is 10.4. The monoisotopic (exact) mass is 212 g/mol. The van der Waals surface area contributed by atoms with Crippen molar-refractivity contribution in [3.63, 3.8) is 0 Å². The third kappa shape index (κ3) is 2.55. The number of urea groups is 1. The Morgan fingerprint density at radius 2 is 2.20 bits per heavy atom. The summed E-state index contributed by atoms with van der Waals surface area (Å²) in [6, 6.07) is -0.547. The van der Waals surface area contributed by atoms with Crippen molar-refractivity contribution in [1.82, 2.24) is 10.2 Å². The number of hydrogen-bond acceptors (Lipinski definition) is 4. The predicted octanol–water partition coefficient (Wildman–Crippen LogP) is 0.00510. The van der Waals surface area contributed by atoms with Crippen LogP contribution in [0.3, 0.4) is 0 Å². The maximum atomic E-state index is 11.3. The summed E-state index contributed by atoms with van der Waals surface area (Å²) in [5.74, 6) is -0.931. The third-order valence-electron chi connectivity index (χ3n) is 1.85. The van der Waals surface area contributed by atoms with Gasteiger partial charge in [-0.1, -0.05) is 6.58 Å². The molecule has 0 radical (unpaired) electrons. The fourth-order valence-corrected chi connectivity index (χ4v) is 1.14. The molecule has 3 amide bonds. The molecule has 1 saturated heterocycles. The molecule has 0 bridgehead atoms. The zero-order valence-corrected chi connectivity index (χ0v) is 8.41. The smallest absolute Gasteiger partial charge is 0.329 e. The van der Waals surface area contributed by atoms with Gasteiger partial charge in [-0.3, -0.25) is 14.5 Å². The highest BCUT2D eigenvalue weighted by atomic mass is 16.5. The molecular weight excluding hydrogens is 200 g/mol. The number of hydrogen-bond donors (Lipinski definition) is 1. The van der Waals surface area contributed by atoms with E-state index in [9.17, 15) is 14.4 Å². The molecule has 1 N–H and O–H groups in total. The van der Waals surface area contributed by atoms with Crippen LogP contribution in [0.1, 0.15) is 13.3 Å². The Labute approximate surface area is 86.9 Å². The summed E-state index contributed by atoms with van der Waals surface area (Å²) in [6.07, 6.45) is 0.000278. The maximum Gasteiger partial charge on any atom is 0.329 e. The van der Waals surface area contributed by atoms with Crippen molar-refractivity contribution in [2.24, 2.45) is 0 Å². The van der Waals surface area contributed by atoms with Crippen molar-refractivity contribution in [3.05, 3.63) is 12.3 Å². The van der Waals surface area contributed by atoms with Gasteiger partial charge in [0.25, 0.3) is 5.91 Å². The fraction of sp³-hybridized carbons (Fsp3) is 0.444. The number of amides is 3. The highest BCUT2D eigenvalue weighted by molar-refractivity contribution is 6.11. The van der Waals surface area contributed by atoms with Crippen molar-refractivity contribution in [1.29, 1.82) is 0 Å². The Hall–Kier alpha value is -1.85. The largest absolute Gasteiger partial charge is 0.466 e. The average Bonchev–Trinajstić information content (AvgIpc) is 2.40. The molecule has 0 aromatic rings. The molecule has 1 aliphatic rings. The molecule has 15 heavy (non-hydrogen) atoms. The summed E-state index contributed by atoms with van der Waals surface area (Å²) in [5, 5.41) is 2.26. The molecule has 0 aromatic carbocycles. The number of carbonyl (C=O) groups is 3. The minimum atomic E-state index is -0.547. The van der Waals surface area contributed by atoms with Gasteiger partial charge >= 0.3 is 12.0 Å². The quantitative estimate of drug-likeness (QED) is 0.404. The van der Waals surface area contributed by atoms with Crippen LogP contribution in [0.4, 0.5) is 4.79 Å². The lowest BCUT2D eigenvalue weighted by molar-refractivity contribution is -0.143. The molecule has 6 heteroatoms. The molecule has 0 unspecified atom stereocenters. The standard InChI is InChI=1S/C9H12N2O4/c1-3-15-7(12)4-5-11-8(13)6(2)10-9(11)14/h2-5H2,1H3,(H,10,14). The Kier molecular flexibility index (Phi) is 3.43. The summed E-state index contributed by atoms with van der Waals surface area (Å²) in [7, 11) is 0. The Balaban J connectivity index is 2.45. The number of imide groups is 1. The number of nitrogens with one attached hydrogen (secondary N) is 1. The van der Waals surface area contributed by atoms with E-state index in [1.807, 2.05) is 0 Å². The van der Waals surface area contributed by atoms with E-state index >= 15 is 0 Å². The zero-order chi connectivity index (χ0) is 11.4. The van der Waals surface area contributed by atoms with E-state index in [4.69, 9.17) is 0 Å². The molecule has 0 aromatic heterocycles. The number of esters is 1. The van der Waals surface area contributed by atoms with E-state index in [0.717, 1.165) is 4.90 Å². The van der Waals surface area contributed by atoms with Gasteiger partial charge in [0.15, 0.2) is 0 Å². The van der Waals surface area contributed by atoms with Crippen LogP contribution in [0.5, 0.6) is 0 Å². The van der Waals surface area contributed by atoms with Gasteiger partial charge in [-0.05, 0) is 6.92 Å². The zero-order valence-electron chi connectivity index (χ0n) is 8.41. The van der Waals surface area contributed by atoms with Gasteiger partial charge in [0.2, 0.25) is 0 Å². The molecular formula is C9H12N2O4. The first kappa shape index (κ1) is 11.2. The number of nitrogens with zero attached hydrogens (tertiary/aromatic N) is 1. The van der Waals surface area contributed by atoms with Crippen molar-refractivity contribution in [3.8, 4) is 0 Å². The molecule has 0 atom stereocenters. The van der Waals surface area contributed by atoms with Gasteiger partial charge in [-0.25, -0.2) is 4.79 Å². The summed E-state index contributed by atoms with van der Waals surface area (Å²) >= 11 is 0. The molecule has 0 spiro atoms. The summed E-state index contributed by atoms with van der Waals surface area (Å²) < 4.78 is 4.67. The van der Waals surface area contributed by atoms with Gasteiger partial charge in [0.05, 0.1) is 13.0 Å². The minimum Gasteiger partial charge on any atom is -0.466 e. The molecule has 1 heterocycles. The van der Waals surface area contributed by atoms with Crippen LogP contribution in [-0.2, 0) is 14.3 Å². The van der Waals surface area contributed by atoms with Gasteiger partial charge in [-0.2, -0.15) is 0 Å². The first-order valence-corrected chi connectivity index (χ1v) is 4.53. The van der Waals surface area contributed by atoms with Crippen molar-refractivity contribution in [2.75, 3.05) is 13.2 Å². The van der Waals surface area contributed by atoms with E-state index in [1.165, 1.54) is 0 Å². The van der Waals surface area contributed by atoms with Crippen LogP contribution in [0, 0.1) is 0 Å². The Morgan fingerprint density at radius 1 is 1.53 bits per heavy atom. The van der Waals surface area contributed by atoms with E-state index in [2.05, 4.69) is 16.6 Å². The van der Waals surface area contributed by atoms with Crippen LogP contribution < -0.4 is 5.32 Å². The van der Waals surface area contributed by atoms with E-state index in [0.29, 0.717) is 0 Å². The maximum absolute atomic E-state index is 11.3. The first-order valence-electron chi connectivity index (χ1n) is 4.53. The van der Waals surface area contributed by atoms with Crippen LogP contribution in [0.2, 0.25) is 0 Å². The van der Waals surface area contributed by atoms with Gasteiger partial charge < -0.3 is 10.1 Å². The van der Waals surface area contributed by atoms with Crippen molar-refractivity contribution >= 4 is 17.9 Å². The van der Waals surface area contributed by atoms with E-state index in [1.54, 1.807) is 6.92 Å². The second-order valence-corrected chi connectivity index (χ2v) is 2.92. The second-order valence-electron chi connectivity index (χ2n) is 2.92. The Bertz CT molecular complexity index is 324. The lowest BCUT2D eigenvalue weighted by Gasteiger charge is -2.10. The summed E-state index contributed by atoms with van der Waals surface area (Å²) in [6.45, 7) is 5.35. The molecule has 0 aliphatic carbocycles. The Morgan fingerprint density at radius 3 is 2.67 bits per heavy atom. The molecule has 1 fully saturated rings. The summed E-state index contributed by atoms with van der Waals surface area (Å²) in [4.78, 5) is 34.3. The van der Waals surface area contributed by atoms with Gasteiger partial charge in [0, 0.05) is 6.54 Å². The first-order chi connectivity index (χ1) is 7.06. The van der Waals surface area contributed by atoms with Crippen molar-refractivity contribution < 1.29 is 19.1 Å². The van der Waals surface area contributed by atoms with Crippen LogP contribution in [-0.4, -0.2) is 36.0 Å². The molecule has 0 saturated carbocycles. The van der Waals surface area contributed by atoms with Crippen LogP contribution in [0.25, 0.3) is 0 Å². The summed E-state index contributed by atoms with van der Waals surface area (Å²) in [5.41, 5.74) is 0.0314. The van der Waals surface area contributed by atoms with Gasteiger partial charge in [-0.15, -0.1) is 0 Å². The average molecular weight is 212 g/mol. The lowest BCUT2D eigenvalue weighted by Crippen LogP contribution is -2.33. The second kappa shape index (κ2) is 4.59. The van der Waals surface area contributed by atoms with Crippen molar-refractivity contribution in [2.45, 2.75) is 13.3 Å². The molecule has 1 rings (SSSR count).